The minimum atomic E-state index is -0.837. The number of aromatic nitrogens is 2. The van der Waals surface area contributed by atoms with Crippen molar-refractivity contribution in [2.24, 2.45) is 18.7 Å². The fourth-order valence-electron chi connectivity index (χ4n) is 2.03. The molecule has 0 bridgehead atoms. The van der Waals surface area contributed by atoms with E-state index in [1.807, 2.05) is 49.7 Å². The van der Waals surface area contributed by atoms with Gasteiger partial charge < -0.3 is 10.3 Å². The number of nitrogens with zero attached hydrogens (tertiary/aromatic N) is 2. The number of nitrogens with two attached hydrogens (primary N) is 1. The third-order valence-electron chi connectivity index (χ3n) is 3.09. The van der Waals surface area contributed by atoms with Gasteiger partial charge in [0.1, 0.15) is 0 Å². The summed E-state index contributed by atoms with van der Waals surface area (Å²) >= 11 is 1.33. The number of imidazole rings is 1. The number of urea groups is 1. The number of benzene rings is 1. The average molecular weight is 306 g/mol. The van der Waals surface area contributed by atoms with Crippen LogP contribution in [0, 0.1) is 5.92 Å². The molecule has 0 saturated carbocycles. The summed E-state index contributed by atoms with van der Waals surface area (Å²) in [7, 11) is 1.90. The van der Waals surface area contributed by atoms with E-state index in [1.54, 1.807) is 0 Å². The SMILES string of the molecule is CC(C)[C@@H](Sc1nc2ccccc2n1C)C(=O)NC(N)=O. The fraction of sp³-hybridized carbons (Fsp3) is 0.357. The van der Waals surface area contributed by atoms with E-state index < -0.39 is 17.2 Å². The van der Waals surface area contributed by atoms with Gasteiger partial charge in [-0.15, -0.1) is 0 Å². The van der Waals surface area contributed by atoms with Crippen LogP contribution in [0.5, 0.6) is 0 Å². The van der Waals surface area contributed by atoms with Crippen LogP contribution < -0.4 is 11.1 Å². The highest BCUT2D eigenvalue weighted by Crippen LogP contribution is 2.29. The largest absolute Gasteiger partial charge is 0.351 e. The molecule has 1 atom stereocenters. The molecule has 3 amide bonds. The van der Waals surface area contributed by atoms with Gasteiger partial charge in [0.15, 0.2) is 5.16 Å². The van der Waals surface area contributed by atoms with Crippen LogP contribution in [0.15, 0.2) is 29.4 Å². The summed E-state index contributed by atoms with van der Waals surface area (Å²) in [5.74, 6) is -0.358. The number of amides is 3. The molecule has 2 aromatic rings. The van der Waals surface area contributed by atoms with E-state index in [-0.39, 0.29) is 5.92 Å². The van der Waals surface area contributed by atoms with E-state index in [4.69, 9.17) is 5.73 Å². The summed E-state index contributed by atoms with van der Waals surface area (Å²) in [6.45, 7) is 3.84. The average Bonchev–Trinajstić information content (AvgIpc) is 2.72. The van der Waals surface area contributed by atoms with Crippen LogP contribution in [-0.2, 0) is 11.8 Å². The van der Waals surface area contributed by atoms with E-state index in [0.29, 0.717) is 0 Å². The predicted octanol–water partition coefficient (Wildman–Crippen LogP) is 1.88. The van der Waals surface area contributed by atoms with Gasteiger partial charge in [-0.3, -0.25) is 10.1 Å². The number of carbonyl (C=O) groups excluding carboxylic acids is 2. The van der Waals surface area contributed by atoms with Crippen LogP contribution in [0.3, 0.4) is 0 Å². The van der Waals surface area contributed by atoms with E-state index >= 15 is 0 Å². The van der Waals surface area contributed by atoms with Crippen LogP contribution in [0.4, 0.5) is 4.79 Å². The number of imide groups is 1. The smallest absolute Gasteiger partial charge is 0.318 e. The van der Waals surface area contributed by atoms with Crippen LogP contribution in [0.1, 0.15) is 13.8 Å². The Morgan fingerprint density at radius 1 is 1.33 bits per heavy atom. The van der Waals surface area contributed by atoms with Gasteiger partial charge in [-0.05, 0) is 18.1 Å². The number of para-hydroxylation sites is 2. The molecule has 112 valence electrons. The second kappa shape index (κ2) is 6.17. The monoisotopic (exact) mass is 306 g/mol. The first kappa shape index (κ1) is 15.4. The molecule has 1 aromatic heterocycles. The number of carbonyl (C=O) groups is 2. The highest BCUT2D eigenvalue weighted by molar-refractivity contribution is 8.00. The Hall–Kier alpha value is -2.02. The third kappa shape index (κ3) is 3.36. The zero-order valence-electron chi connectivity index (χ0n) is 12.2. The lowest BCUT2D eigenvalue weighted by atomic mass is 10.1. The first-order valence-corrected chi connectivity index (χ1v) is 7.46. The van der Waals surface area contributed by atoms with Crippen molar-refractivity contribution in [1.82, 2.24) is 14.9 Å². The van der Waals surface area contributed by atoms with Gasteiger partial charge in [0, 0.05) is 7.05 Å². The standard InChI is InChI=1S/C14H18N4O2S/c1-8(2)11(12(19)17-13(15)20)21-14-16-9-6-4-5-7-10(9)18(14)3/h4-8,11H,1-3H3,(H3,15,17,19,20)/t11-/m1/s1. The van der Waals surface area contributed by atoms with Crippen LogP contribution in [0.2, 0.25) is 0 Å². The van der Waals surface area contributed by atoms with Crippen molar-refractivity contribution < 1.29 is 9.59 Å². The molecular formula is C14H18N4O2S. The summed E-state index contributed by atoms with van der Waals surface area (Å²) in [6, 6.07) is 6.92. The van der Waals surface area contributed by atoms with Gasteiger partial charge in [0.05, 0.1) is 16.3 Å². The van der Waals surface area contributed by atoms with Crippen LogP contribution in [-0.4, -0.2) is 26.7 Å². The summed E-state index contributed by atoms with van der Waals surface area (Å²) in [4.78, 5) is 27.4. The van der Waals surface area contributed by atoms with Gasteiger partial charge in [0.2, 0.25) is 5.91 Å². The van der Waals surface area contributed by atoms with Crippen molar-refractivity contribution in [2.45, 2.75) is 24.3 Å². The molecule has 0 aliphatic rings. The topological polar surface area (TPSA) is 90.0 Å². The normalized spacial score (nSPS) is 12.6. The fourth-order valence-corrected chi connectivity index (χ4v) is 3.10. The molecule has 7 heteroatoms. The van der Waals surface area contributed by atoms with Crippen LogP contribution in [0.25, 0.3) is 11.0 Å². The first-order chi connectivity index (χ1) is 9.90. The molecule has 0 aliphatic heterocycles. The predicted molar refractivity (Wildman–Crippen MR) is 82.9 cm³/mol. The molecule has 6 nitrogen and oxygen atoms in total. The number of rotatable bonds is 4. The Morgan fingerprint density at radius 2 is 2.00 bits per heavy atom. The molecule has 0 fully saturated rings. The molecule has 21 heavy (non-hydrogen) atoms. The van der Waals surface area contributed by atoms with Gasteiger partial charge in [0.25, 0.3) is 0 Å². The molecule has 0 aliphatic carbocycles. The molecule has 0 saturated heterocycles. The Morgan fingerprint density at radius 3 is 2.57 bits per heavy atom. The molecule has 1 heterocycles. The molecule has 0 unspecified atom stereocenters. The summed E-state index contributed by atoms with van der Waals surface area (Å²) in [5.41, 5.74) is 6.89. The van der Waals surface area contributed by atoms with Crippen LogP contribution >= 0.6 is 11.8 Å². The molecule has 1 aromatic carbocycles. The van der Waals surface area contributed by atoms with Gasteiger partial charge >= 0.3 is 6.03 Å². The first-order valence-electron chi connectivity index (χ1n) is 6.58. The Labute approximate surface area is 127 Å². The maximum atomic E-state index is 12.1. The number of nitrogens with one attached hydrogen (secondary N) is 1. The van der Waals surface area contributed by atoms with Crippen molar-refractivity contribution in [3.63, 3.8) is 0 Å². The van der Waals surface area contributed by atoms with E-state index in [1.165, 1.54) is 11.8 Å². The molecule has 0 radical (unpaired) electrons. The lowest BCUT2D eigenvalue weighted by Crippen LogP contribution is -2.42. The van der Waals surface area contributed by atoms with Crippen molar-refractivity contribution in [3.05, 3.63) is 24.3 Å². The van der Waals surface area contributed by atoms with E-state index in [9.17, 15) is 9.59 Å². The highest BCUT2D eigenvalue weighted by atomic mass is 32.2. The number of hydrogen-bond acceptors (Lipinski definition) is 4. The van der Waals surface area contributed by atoms with Gasteiger partial charge in [-0.1, -0.05) is 37.7 Å². The molecular weight excluding hydrogens is 288 g/mol. The summed E-state index contributed by atoms with van der Waals surface area (Å²) in [6.07, 6.45) is 0. The van der Waals surface area contributed by atoms with E-state index in [2.05, 4.69) is 10.3 Å². The quantitative estimate of drug-likeness (QED) is 0.844. The number of hydrogen-bond donors (Lipinski definition) is 2. The zero-order chi connectivity index (χ0) is 15.6. The second-order valence-electron chi connectivity index (χ2n) is 5.08. The minimum Gasteiger partial charge on any atom is -0.351 e. The zero-order valence-corrected chi connectivity index (χ0v) is 13.0. The van der Waals surface area contributed by atoms with Crippen molar-refractivity contribution in [1.29, 1.82) is 0 Å². The Kier molecular flexibility index (Phi) is 4.52. The molecule has 3 N–H and O–H groups in total. The summed E-state index contributed by atoms with van der Waals surface area (Å²) < 4.78 is 1.94. The number of fused-ring (bicyclic) bond motifs is 1. The van der Waals surface area contributed by atoms with Crippen molar-refractivity contribution in [2.75, 3.05) is 0 Å². The highest BCUT2D eigenvalue weighted by Gasteiger charge is 2.26. The Balaban J connectivity index is 2.29. The molecule has 0 spiro atoms. The number of aryl methyl sites for hydroxylation is 1. The lowest BCUT2D eigenvalue weighted by molar-refractivity contribution is -0.120. The molecule has 2 rings (SSSR count). The summed E-state index contributed by atoms with van der Waals surface area (Å²) in [5, 5.41) is 2.43. The maximum Gasteiger partial charge on any atom is 0.318 e. The van der Waals surface area contributed by atoms with E-state index in [0.717, 1.165) is 16.2 Å². The number of primary amides is 1. The van der Waals surface area contributed by atoms with Crippen molar-refractivity contribution in [3.8, 4) is 0 Å². The van der Waals surface area contributed by atoms with Gasteiger partial charge in [-0.2, -0.15) is 0 Å². The second-order valence-corrected chi connectivity index (χ2v) is 6.19. The van der Waals surface area contributed by atoms with Gasteiger partial charge in [-0.25, -0.2) is 9.78 Å². The maximum absolute atomic E-state index is 12.1. The Bertz CT molecular complexity index is 681. The number of thioether (sulfide) groups is 1. The van der Waals surface area contributed by atoms with Crippen molar-refractivity contribution >= 4 is 34.7 Å². The minimum absolute atomic E-state index is 0.0363. The third-order valence-corrected chi connectivity index (χ3v) is 4.68. The lowest BCUT2D eigenvalue weighted by Gasteiger charge is -2.18.